The average Bonchev–Trinajstić information content (AvgIpc) is 3.65. The molecule has 0 amide bonds. The number of furan rings is 1. The quantitative estimate of drug-likeness (QED) is 0.248. The first-order valence-electron chi connectivity index (χ1n) is 12.0. The number of hydrogen-bond donors (Lipinski definition) is 1. The minimum absolute atomic E-state index is 0.0804. The molecule has 38 heavy (non-hydrogen) atoms. The molecular formula is C28H27N5O5. The van der Waals surface area contributed by atoms with Gasteiger partial charge in [0.1, 0.15) is 5.75 Å². The summed E-state index contributed by atoms with van der Waals surface area (Å²) in [6.07, 6.45) is 3.97. The van der Waals surface area contributed by atoms with Crippen LogP contribution in [0.5, 0.6) is 17.2 Å². The number of ketones is 1. The summed E-state index contributed by atoms with van der Waals surface area (Å²) in [4.78, 5) is 22.4. The summed E-state index contributed by atoms with van der Waals surface area (Å²) in [5.41, 5.74) is 2.78. The van der Waals surface area contributed by atoms with E-state index in [1.807, 2.05) is 42.5 Å². The fourth-order valence-electron chi connectivity index (χ4n) is 4.06. The lowest BCUT2D eigenvalue weighted by molar-refractivity contribution is 0.0983. The number of nitrogens with one attached hydrogen (secondary N) is 1. The number of fused-ring (bicyclic) bond motifs is 1. The number of ether oxygens (including phenoxy) is 3. The Morgan fingerprint density at radius 1 is 0.974 bits per heavy atom. The van der Waals surface area contributed by atoms with Crippen molar-refractivity contribution in [3.05, 3.63) is 83.7 Å². The van der Waals surface area contributed by atoms with E-state index in [0.717, 1.165) is 16.9 Å². The van der Waals surface area contributed by atoms with E-state index in [9.17, 15) is 4.79 Å². The number of hydrogen-bond acceptors (Lipinski definition) is 9. The molecule has 0 saturated carbocycles. The molecule has 0 aliphatic heterocycles. The highest BCUT2D eigenvalue weighted by atomic mass is 16.5. The van der Waals surface area contributed by atoms with Gasteiger partial charge in [-0.25, -0.2) is 9.97 Å². The van der Waals surface area contributed by atoms with Crippen LogP contribution in [0.25, 0.3) is 17.2 Å². The van der Waals surface area contributed by atoms with Gasteiger partial charge in [-0.15, -0.1) is 5.10 Å². The van der Waals surface area contributed by atoms with Gasteiger partial charge in [0.25, 0.3) is 0 Å². The lowest BCUT2D eigenvalue weighted by atomic mass is 10.0. The summed E-state index contributed by atoms with van der Waals surface area (Å²) < 4.78 is 23.0. The highest BCUT2D eigenvalue weighted by Crippen LogP contribution is 2.28. The summed E-state index contributed by atoms with van der Waals surface area (Å²) in [6.45, 7) is 0.434. The molecule has 0 unspecified atom stereocenters. The van der Waals surface area contributed by atoms with E-state index in [1.165, 1.54) is 0 Å². The molecule has 1 N–H and O–H groups in total. The monoisotopic (exact) mass is 513 g/mol. The van der Waals surface area contributed by atoms with Crippen LogP contribution in [0.1, 0.15) is 27.9 Å². The molecule has 0 atom stereocenters. The molecule has 0 aliphatic rings. The second-order valence-corrected chi connectivity index (χ2v) is 8.46. The van der Waals surface area contributed by atoms with Crippen molar-refractivity contribution in [3.8, 4) is 28.8 Å². The van der Waals surface area contributed by atoms with Crippen LogP contribution in [-0.2, 0) is 13.0 Å². The molecule has 3 aromatic heterocycles. The maximum atomic E-state index is 13.3. The molecule has 0 saturated heterocycles. The van der Waals surface area contributed by atoms with Crippen molar-refractivity contribution in [2.75, 3.05) is 26.6 Å². The summed E-state index contributed by atoms with van der Waals surface area (Å²) in [5, 5.41) is 7.87. The lowest BCUT2D eigenvalue weighted by Gasteiger charge is -2.11. The maximum absolute atomic E-state index is 13.3. The van der Waals surface area contributed by atoms with Crippen LogP contribution < -0.4 is 19.5 Å². The number of carbonyl (C=O) groups is 1. The third-order valence-electron chi connectivity index (χ3n) is 6.10. The van der Waals surface area contributed by atoms with Crippen LogP contribution in [0.2, 0.25) is 0 Å². The van der Waals surface area contributed by atoms with Gasteiger partial charge in [0.15, 0.2) is 28.7 Å². The molecule has 0 spiro atoms. The number of Topliss-reactive ketones (excluding diaryl/α,β-unsaturated/α-hetero) is 1. The summed E-state index contributed by atoms with van der Waals surface area (Å²) >= 11 is 0. The third kappa shape index (κ3) is 5.15. The molecule has 3 heterocycles. The van der Waals surface area contributed by atoms with Gasteiger partial charge in [0, 0.05) is 19.2 Å². The van der Waals surface area contributed by atoms with Gasteiger partial charge in [-0.3, -0.25) is 4.79 Å². The van der Waals surface area contributed by atoms with Crippen LogP contribution in [-0.4, -0.2) is 46.7 Å². The Labute approximate surface area is 219 Å². The van der Waals surface area contributed by atoms with Crippen LogP contribution in [0.3, 0.4) is 0 Å². The molecule has 2 aromatic carbocycles. The van der Waals surface area contributed by atoms with Crippen LogP contribution >= 0.6 is 0 Å². The van der Waals surface area contributed by atoms with E-state index in [4.69, 9.17) is 18.6 Å². The Kier molecular flexibility index (Phi) is 7.21. The predicted octanol–water partition coefficient (Wildman–Crippen LogP) is 4.84. The number of methoxy groups -OCH3 is 3. The standard InChI is InChI=1S/C28H27N5O5/c1-35-20-10-6-18(7-11-20)8-12-22(34)21-17-30-28(29-16-19-9-13-23(36-2)25(15-19)37-3)33-27(21)31-26(32-33)24-5-4-14-38-24/h4-7,9-11,13-15,17H,8,12,16H2,1-3H3,(H,29,30). The normalized spacial score (nSPS) is 10.9. The molecule has 5 aromatic rings. The van der Waals surface area contributed by atoms with Crippen molar-refractivity contribution in [2.24, 2.45) is 0 Å². The SMILES string of the molecule is COc1ccc(CCC(=O)c2cnc(NCc3ccc(OC)c(OC)c3)n3nc(-c4ccco4)nc23)cc1. The fraction of sp³-hybridized carbons (Fsp3) is 0.214. The van der Waals surface area contributed by atoms with Crippen molar-refractivity contribution >= 4 is 17.4 Å². The average molecular weight is 514 g/mol. The van der Waals surface area contributed by atoms with Gasteiger partial charge in [-0.1, -0.05) is 18.2 Å². The van der Waals surface area contributed by atoms with Crippen molar-refractivity contribution in [1.29, 1.82) is 0 Å². The zero-order valence-electron chi connectivity index (χ0n) is 21.3. The van der Waals surface area contributed by atoms with E-state index in [1.54, 1.807) is 50.4 Å². The first-order valence-corrected chi connectivity index (χ1v) is 12.0. The maximum Gasteiger partial charge on any atom is 0.226 e. The zero-order chi connectivity index (χ0) is 26.5. The molecular weight excluding hydrogens is 486 g/mol. The predicted molar refractivity (Wildman–Crippen MR) is 141 cm³/mol. The van der Waals surface area contributed by atoms with Crippen molar-refractivity contribution in [1.82, 2.24) is 19.6 Å². The summed E-state index contributed by atoms with van der Waals surface area (Å²) in [5.74, 6) is 3.26. The van der Waals surface area contributed by atoms with E-state index < -0.39 is 0 Å². The fourth-order valence-corrected chi connectivity index (χ4v) is 4.06. The number of anilines is 1. The van der Waals surface area contributed by atoms with Gasteiger partial charge >= 0.3 is 0 Å². The molecule has 10 heteroatoms. The number of nitrogens with zero attached hydrogens (tertiary/aromatic N) is 4. The molecule has 0 fully saturated rings. The Hall–Kier alpha value is -4.86. The van der Waals surface area contributed by atoms with Crippen LogP contribution in [0.15, 0.2) is 71.5 Å². The minimum Gasteiger partial charge on any atom is -0.497 e. The number of carbonyl (C=O) groups excluding carboxylic acids is 1. The van der Waals surface area contributed by atoms with Crippen LogP contribution in [0, 0.1) is 0 Å². The van der Waals surface area contributed by atoms with E-state index in [2.05, 4.69) is 20.4 Å². The molecule has 194 valence electrons. The Balaban J connectivity index is 1.41. The third-order valence-corrected chi connectivity index (χ3v) is 6.10. The molecule has 5 rings (SSSR count). The molecule has 10 nitrogen and oxygen atoms in total. The van der Waals surface area contributed by atoms with Gasteiger partial charge in [0.2, 0.25) is 11.8 Å². The number of aryl methyl sites for hydroxylation is 1. The van der Waals surface area contributed by atoms with E-state index in [-0.39, 0.29) is 5.78 Å². The van der Waals surface area contributed by atoms with Gasteiger partial charge in [0.05, 0.1) is 33.2 Å². The highest BCUT2D eigenvalue weighted by Gasteiger charge is 2.20. The minimum atomic E-state index is -0.0804. The second-order valence-electron chi connectivity index (χ2n) is 8.46. The van der Waals surface area contributed by atoms with Gasteiger partial charge in [-0.2, -0.15) is 4.52 Å². The largest absolute Gasteiger partial charge is 0.497 e. The van der Waals surface area contributed by atoms with Crippen molar-refractivity contribution < 1.29 is 23.4 Å². The van der Waals surface area contributed by atoms with E-state index in [0.29, 0.717) is 59.6 Å². The number of aromatic nitrogens is 4. The Morgan fingerprint density at radius 3 is 2.47 bits per heavy atom. The highest BCUT2D eigenvalue weighted by molar-refractivity contribution is 6.01. The smallest absolute Gasteiger partial charge is 0.226 e. The molecule has 0 bridgehead atoms. The lowest BCUT2D eigenvalue weighted by Crippen LogP contribution is -2.11. The van der Waals surface area contributed by atoms with Gasteiger partial charge < -0.3 is 23.9 Å². The van der Waals surface area contributed by atoms with Gasteiger partial charge in [-0.05, 0) is 53.9 Å². The summed E-state index contributed by atoms with van der Waals surface area (Å²) in [6, 6.07) is 16.8. The second kappa shape index (κ2) is 11.0. The first-order chi connectivity index (χ1) is 18.6. The first kappa shape index (κ1) is 24.8. The summed E-state index contributed by atoms with van der Waals surface area (Å²) in [7, 11) is 4.81. The Bertz CT molecular complexity index is 1540. The topological polar surface area (TPSA) is 113 Å². The van der Waals surface area contributed by atoms with Crippen molar-refractivity contribution in [2.45, 2.75) is 19.4 Å². The van der Waals surface area contributed by atoms with Crippen molar-refractivity contribution in [3.63, 3.8) is 0 Å². The number of benzene rings is 2. The molecule has 0 aliphatic carbocycles. The number of rotatable bonds is 11. The van der Waals surface area contributed by atoms with E-state index >= 15 is 0 Å². The zero-order valence-corrected chi connectivity index (χ0v) is 21.3. The van der Waals surface area contributed by atoms with Crippen LogP contribution in [0.4, 0.5) is 5.95 Å². The molecule has 0 radical (unpaired) electrons. The Morgan fingerprint density at radius 2 is 1.76 bits per heavy atom.